The Kier molecular flexibility index (Phi) is 3.12. The molecule has 0 N–H and O–H groups in total. The minimum atomic E-state index is -4.25. The molecule has 0 radical (unpaired) electrons. The van der Waals surface area contributed by atoms with Crippen molar-refractivity contribution in [3.05, 3.63) is 34.4 Å². The van der Waals surface area contributed by atoms with Crippen LogP contribution in [0, 0.1) is 13.8 Å². The summed E-state index contributed by atoms with van der Waals surface area (Å²) in [5.74, 6) is 0.256. The van der Waals surface area contributed by atoms with Crippen LogP contribution in [0.2, 0.25) is 0 Å². The molecule has 0 spiro atoms. The average molecular weight is 216 g/mol. The standard InChI is InChI=1S/C12H15F3/c1-7(2)10-5-6-11(12(13,14)15)9(4)8(10)3/h5-7H,1-4H3. The Balaban J connectivity index is 3.34. The van der Waals surface area contributed by atoms with Crippen molar-refractivity contribution in [3.8, 4) is 0 Å². The van der Waals surface area contributed by atoms with E-state index < -0.39 is 11.7 Å². The zero-order valence-electron chi connectivity index (χ0n) is 9.37. The average Bonchev–Trinajstić information content (AvgIpc) is 2.06. The Labute approximate surface area is 88.1 Å². The molecule has 0 fully saturated rings. The molecule has 0 aliphatic rings. The van der Waals surface area contributed by atoms with Gasteiger partial charge in [-0.1, -0.05) is 19.9 Å². The van der Waals surface area contributed by atoms with E-state index in [0.29, 0.717) is 5.56 Å². The Morgan fingerprint density at radius 1 is 1.00 bits per heavy atom. The minimum Gasteiger partial charge on any atom is -0.166 e. The lowest BCUT2D eigenvalue weighted by atomic mass is 9.92. The molecule has 0 aromatic heterocycles. The Morgan fingerprint density at radius 2 is 1.53 bits per heavy atom. The van der Waals surface area contributed by atoms with Gasteiger partial charge >= 0.3 is 6.18 Å². The zero-order valence-corrected chi connectivity index (χ0v) is 9.37. The quantitative estimate of drug-likeness (QED) is 0.650. The van der Waals surface area contributed by atoms with Gasteiger partial charge in [-0.15, -0.1) is 0 Å². The predicted octanol–water partition coefficient (Wildman–Crippen LogP) is 4.45. The first-order chi connectivity index (χ1) is 6.75. The van der Waals surface area contributed by atoms with Gasteiger partial charge in [0, 0.05) is 0 Å². The van der Waals surface area contributed by atoms with E-state index >= 15 is 0 Å². The van der Waals surface area contributed by atoms with Crippen LogP contribution in [0.3, 0.4) is 0 Å². The molecule has 1 aromatic carbocycles. The first-order valence-electron chi connectivity index (χ1n) is 4.92. The van der Waals surface area contributed by atoms with Crippen molar-refractivity contribution in [3.63, 3.8) is 0 Å². The van der Waals surface area contributed by atoms with Crippen LogP contribution in [-0.2, 0) is 6.18 Å². The third kappa shape index (κ3) is 2.33. The molecule has 0 aliphatic heterocycles. The smallest absolute Gasteiger partial charge is 0.166 e. The van der Waals surface area contributed by atoms with Crippen molar-refractivity contribution < 1.29 is 13.2 Å². The molecule has 0 saturated carbocycles. The van der Waals surface area contributed by atoms with Crippen LogP contribution in [0.15, 0.2) is 12.1 Å². The molecule has 0 heterocycles. The molecule has 0 amide bonds. The van der Waals surface area contributed by atoms with Crippen LogP contribution in [0.4, 0.5) is 13.2 Å². The Bertz CT molecular complexity index is 362. The van der Waals surface area contributed by atoms with Gasteiger partial charge in [0.05, 0.1) is 5.56 Å². The summed E-state index contributed by atoms with van der Waals surface area (Å²) < 4.78 is 37.7. The van der Waals surface area contributed by atoms with Gasteiger partial charge in [0.15, 0.2) is 0 Å². The van der Waals surface area contributed by atoms with Crippen molar-refractivity contribution in [2.75, 3.05) is 0 Å². The van der Waals surface area contributed by atoms with E-state index in [1.807, 2.05) is 13.8 Å². The summed E-state index contributed by atoms with van der Waals surface area (Å²) in [7, 11) is 0. The lowest BCUT2D eigenvalue weighted by Crippen LogP contribution is -2.10. The Morgan fingerprint density at radius 3 is 1.93 bits per heavy atom. The lowest BCUT2D eigenvalue weighted by molar-refractivity contribution is -0.138. The number of alkyl halides is 3. The van der Waals surface area contributed by atoms with Crippen molar-refractivity contribution in [1.29, 1.82) is 0 Å². The van der Waals surface area contributed by atoms with Gasteiger partial charge in [0.1, 0.15) is 0 Å². The molecule has 0 atom stereocenters. The van der Waals surface area contributed by atoms with Gasteiger partial charge in [-0.05, 0) is 42.5 Å². The van der Waals surface area contributed by atoms with Gasteiger partial charge in [0.2, 0.25) is 0 Å². The molecule has 0 unspecified atom stereocenters. The second kappa shape index (κ2) is 3.87. The first kappa shape index (κ1) is 12.1. The summed E-state index contributed by atoms with van der Waals surface area (Å²) in [6, 6.07) is 2.76. The van der Waals surface area contributed by atoms with E-state index in [2.05, 4.69) is 0 Å². The third-order valence-electron chi connectivity index (χ3n) is 2.76. The highest BCUT2D eigenvalue weighted by molar-refractivity contribution is 5.42. The molecule has 1 aromatic rings. The molecule has 0 saturated heterocycles. The van der Waals surface area contributed by atoms with Crippen LogP contribution in [0.1, 0.15) is 42.0 Å². The molecule has 15 heavy (non-hydrogen) atoms. The van der Waals surface area contributed by atoms with E-state index in [9.17, 15) is 13.2 Å². The molecular weight excluding hydrogens is 201 g/mol. The van der Waals surface area contributed by atoms with E-state index in [0.717, 1.165) is 11.1 Å². The minimum absolute atomic E-state index is 0.256. The largest absolute Gasteiger partial charge is 0.416 e. The summed E-state index contributed by atoms with van der Waals surface area (Å²) in [6.07, 6.45) is -4.25. The van der Waals surface area contributed by atoms with Crippen molar-refractivity contribution in [2.45, 2.75) is 39.8 Å². The molecule has 0 aliphatic carbocycles. The second-order valence-electron chi connectivity index (χ2n) is 4.10. The van der Waals surface area contributed by atoms with Crippen LogP contribution < -0.4 is 0 Å². The van der Waals surface area contributed by atoms with Gasteiger partial charge in [-0.2, -0.15) is 13.2 Å². The molecule has 0 nitrogen and oxygen atoms in total. The van der Waals surface area contributed by atoms with E-state index in [4.69, 9.17) is 0 Å². The number of halogens is 3. The van der Waals surface area contributed by atoms with E-state index in [1.54, 1.807) is 13.0 Å². The lowest BCUT2D eigenvalue weighted by Gasteiger charge is -2.17. The fourth-order valence-corrected chi connectivity index (χ4v) is 1.77. The Hall–Kier alpha value is -0.990. The summed E-state index contributed by atoms with van der Waals surface area (Å²) in [5.41, 5.74) is 1.55. The maximum atomic E-state index is 12.6. The summed E-state index contributed by atoms with van der Waals surface area (Å²) in [6.45, 7) is 7.24. The molecule has 1 rings (SSSR count). The van der Waals surface area contributed by atoms with E-state index in [1.165, 1.54) is 13.0 Å². The monoisotopic (exact) mass is 216 g/mol. The topological polar surface area (TPSA) is 0 Å². The van der Waals surface area contributed by atoms with Crippen LogP contribution in [0.25, 0.3) is 0 Å². The summed E-state index contributed by atoms with van der Waals surface area (Å²) in [4.78, 5) is 0. The summed E-state index contributed by atoms with van der Waals surface area (Å²) >= 11 is 0. The van der Waals surface area contributed by atoms with Gasteiger partial charge in [-0.25, -0.2) is 0 Å². The maximum Gasteiger partial charge on any atom is 0.416 e. The number of hydrogen-bond acceptors (Lipinski definition) is 0. The SMILES string of the molecule is Cc1c(C(C)C)ccc(C(F)(F)F)c1C. The normalized spacial score (nSPS) is 12.3. The number of hydrogen-bond donors (Lipinski definition) is 0. The van der Waals surface area contributed by atoms with Crippen molar-refractivity contribution >= 4 is 0 Å². The van der Waals surface area contributed by atoms with Crippen molar-refractivity contribution in [1.82, 2.24) is 0 Å². The highest BCUT2D eigenvalue weighted by Gasteiger charge is 2.33. The van der Waals surface area contributed by atoms with Crippen molar-refractivity contribution in [2.24, 2.45) is 0 Å². The molecule has 84 valence electrons. The predicted molar refractivity (Wildman–Crippen MR) is 55.0 cm³/mol. The fourth-order valence-electron chi connectivity index (χ4n) is 1.77. The van der Waals surface area contributed by atoms with Gasteiger partial charge in [-0.3, -0.25) is 0 Å². The first-order valence-corrected chi connectivity index (χ1v) is 4.92. The van der Waals surface area contributed by atoms with Crippen LogP contribution in [0.5, 0.6) is 0 Å². The zero-order chi connectivity index (χ0) is 11.8. The molecular formula is C12H15F3. The van der Waals surface area contributed by atoms with Crippen LogP contribution >= 0.6 is 0 Å². The highest BCUT2D eigenvalue weighted by Crippen LogP contribution is 2.35. The van der Waals surface area contributed by atoms with Gasteiger partial charge < -0.3 is 0 Å². The number of rotatable bonds is 1. The second-order valence-corrected chi connectivity index (χ2v) is 4.10. The maximum absolute atomic E-state index is 12.6. The van der Waals surface area contributed by atoms with Crippen LogP contribution in [-0.4, -0.2) is 0 Å². The molecule has 0 bridgehead atoms. The summed E-state index contributed by atoms with van der Waals surface area (Å²) in [5, 5.41) is 0. The highest BCUT2D eigenvalue weighted by atomic mass is 19.4. The fraction of sp³-hybridized carbons (Fsp3) is 0.500. The number of benzene rings is 1. The molecule has 3 heteroatoms. The van der Waals surface area contributed by atoms with E-state index in [-0.39, 0.29) is 5.92 Å². The third-order valence-corrected chi connectivity index (χ3v) is 2.76. The van der Waals surface area contributed by atoms with Gasteiger partial charge in [0.25, 0.3) is 0 Å².